The first-order valence-corrected chi connectivity index (χ1v) is 11.9. The molecule has 0 saturated heterocycles. The molecule has 0 radical (unpaired) electrons. The van der Waals surface area contributed by atoms with Crippen LogP contribution < -0.4 is 9.47 Å². The highest BCUT2D eigenvalue weighted by Crippen LogP contribution is 2.39. The van der Waals surface area contributed by atoms with E-state index in [0.29, 0.717) is 34.8 Å². The lowest BCUT2D eigenvalue weighted by Gasteiger charge is -2.20. The Bertz CT molecular complexity index is 1190. The molecule has 0 N–H and O–H groups in total. The Morgan fingerprint density at radius 1 is 0.838 bits per heavy atom. The second-order valence-corrected chi connectivity index (χ2v) is 8.92. The number of aryl methyl sites for hydroxylation is 3. The molecule has 0 aliphatic carbocycles. The maximum atomic E-state index is 13.2. The van der Waals surface area contributed by atoms with Gasteiger partial charge in [0.25, 0.3) is 0 Å². The Balaban J connectivity index is 2.06. The molecule has 3 nitrogen and oxygen atoms in total. The van der Waals surface area contributed by atoms with Gasteiger partial charge in [-0.1, -0.05) is 32.0 Å². The third kappa shape index (κ3) is 6.76. The first-order valence-electron chi connectivity index (χ1n) is 11.9. The van der Waals surface area contributed by atoms with Crippen molar-refractivity contribution < 1.29 is 35.8 Å². The van der Waals surface area contributed by atoms with Crippen LogP contribution in [0.15, 0.2) is 42.5 Å². The zero-order chi connectivity index (χ0) is 27.5. The van der Waals surface area contributed by atoms with Crippen molar-refractivity contribution in [3.05, 3.63) is 76.0 Å². The van der Waals surface area contributed by atoms with Gasteiger partial charge in [-0.3, -0.25) is 4.98 Å². The lowest BCUT2D eigenvalue weighted by Crippen LogP contribution is -2.13. The van der Waals surface area contributed by atoms with Gasteiger partial charge in [0.05, 0.1) is 28.5 Å². The number of alkyl halides is 6. The molecule has 0 aliphatic rings. The summed E-state index contributed by atoms with van der Waals surface area (Å²) in [5, 5.41) is 0. The molecule has 1 heterocycles. The van der Waals surface area contributed by atoms with Crippen LogP contribution in [0.25, 0.3) is 11.3 Å². The van der Waals surface area contributed by atoms with E-state index >= 15 is 0 Å². The average Bonchev–Trinajstić information content (AvgIpc) is 2.81. The highest BCUT2D eigenvalue weighted by atomic mass is 19.4. The van der Waals surface area contributed by atoms with Gasteiger partial charge in [-0.05, 0) is 62.9 Å². The molecule has 3 rings (SSSR count). The van der Waals surface area contributed by atoms with Gasteiger partial charge in [-0.15, -0.1) is 0 Å². The normalized spacial score (nSPS) is 12.2. The summed E-state index contributed by atoms with van der Waals surface area (Å²) >= 11 is 0. The molecule has 1 aromatic heterocycles. The van der Waals surface area contributed by atoms with Crippen molar-refractivity contribution in [1.29, 1.82) is 0 Å². The summed E-state index contributed by atoms with van der Waals surface area (Å²) in [7, 11) is 0. The number of aromatic nitrogens is 1. The predicted molar refractivity (Wildman–Crippen MR) is 130 cm³/mol. The fourth-order valence-electron chi connectivity index (χ4n) is 4.07. The summed E-state index contributed by atoms with van der Waals surface area (Å²) in [6.45, 7) is 9.12. The molecule has 0 aliphatic heterocycles. The number of benzene rings is 2. The topological polar surface area (TPSA) is 31.4 Å². The molecule has 0 saturated carbocycles. The van der Waals surface area contributed by atoms with Crippen LogP contribution >= 0.6 is 0 Å². The van der Waals surface area contributed by atoms with Gasteiger partial charge in [0.15, 0.2) is 0 Å². The maximum absolute atomic E-state index is 13.2. The van der Waals surface area contributed by atoms with Crippen molar-refractivity contribution in [2.45, 2.75) is 72.5 Å². The SMILES string of the molecule is CCc1cccc(CC)c1-c1cc(OC(C)C)c(COc2cc(C(F)(F)F)cc(C(F)(F)F)c2)c(C)n1. The van der Waals surface area contributed by atoms with Crippen molar-refractivity contribution in [3.63, 3.8) is 0 Å². The number of hydrogen-bond acceptors (Lipinski definition) is 3. The van der Waals surface area contributed by atoms with E-state index in [1.807, 2.05) is 45.9 Å². The van der Waals surface area contributed by atoms with Gasteiger partial charge in [-0.25, -0.2) is 0 Å². The van der Waals surface area contributed by atoms with E-state index in [1.54, 1.807) is 13.0 Å². The molecule has 37 heavy (non-hydrogen) atoms. The van der Waals surface area contributed by atoms with Crippen molar-refractivity contribution in [3.8, 4) is 22.8 Å². The van der Waals surface area contributed by atoms with Crippen molar-refractivity contribution in [2.75, 3.05) is 0 Å². The van der Waals surface area contributed by atoms with Gasteiger partial charge in [0, 0.05) is 17.3 Å². The van der Waals surface area contributed by atoms with Crippen LogP contribution in [0.5, 0.6) is 11.5 Å². The molecule has 2 aromatic carbocycles. The molecule has 0 unspecified atom stereocenters. The molecule has 0 bridgehead atoms. The molecule has 9 heteroatoms. The van der Waals surface area contributed by atoms with E-state index in [2.05, 4.69) is 0 Å². The predicted octanol–water partition coefficient (Wildman–Crippen LogP) is 8.59. The molecule has 0 amide bonds. The number of ether oxygens (including phenoxy) is 2. The summed E-state index contributed by atoms with van der Waals surface area (Å²) in [6.07, 6.45) is -8.61. The Labute approximate surface area is 212 Å². The highest BCUT2D eigenvalue weighted by Gasteiger charge is 2.37. The first kappa shape index (κ1) is 28.3. The highest BCUT2D eigenvalue weighted by molar-refractivity contribution is 5.70. The summed E-state index contributed by atoms with van der Waals surface area (Å²) in [5.74, 6) is -0.140. The Morgan fingerprint density at radius 3 is 1.84 bits per heavy atom. The average molecular weight is 526 g/mol. The van der Waals surface area contributed by atoms with Gasteiger partial charge >= 0.3 is 12.4 Å². The molecule has 0 atom stereocenters. The minimum atomic E-state index is -4.96. The van der Waals surface area contributed by atoms with E-state index in [-0.39, 0.29) is 18.8 Å². The fraction of sp³-hybridized carbons (Fsp3) is 0.393. The zero-order valence-corrected chi connectivity index (χ0v) is 21.3. The quantitative estimate of drug-likeness (QED) is 0.276. The fourth-order valence-corrected chi connectivity index (χ4v) is 4.07. The molecular weight excluding hydrogens is 496 g/mol. The summed E-state index contributed by atoms with van der Waals surface area (Å²) in [5.41, 5.74) is 1.95. The van der Waals surface area contributed by atoms with Crippen LogP contribution in [0, 0.1) is 6.92 Å². The standard InChI is InChI=1S/C28H29F6NO2/c1-6-18-9-8-10-19(7-2)26(18)24-14-25(37-16(3)4)23(17(5)35-24)15-36-22-12-20(27(29,30)31)11-21(13-22)28(32,33)34/h8-14,16H,6-7,15H2,1-5H3. The lowest BCUT2D eigenvalue weighted by molar-refractivity contribution is -0.143. The van der Waals surface area contributed by atoms with E-state index in [9.17, 15) is 26.3 Å². The first-order chi connectivity index (χ1) is 17.2. The third-order valence-corrected chi connectivity index (χ3v) is 5.85. The van der Waals surface area contributed by atoms with Crippen molar-refractivity contribution in [2.24, 2.45) is 0 Å². The Hall–Kier alpha value is -3.23. The molecule has 200 valence electrons. The lowest BCUT2D eigenvalue weighted by atomic mass is 9.94. The maximum Gasteiger partial charge on any atom is 0.416 e. The molecular formula is C28H29F6NO2. The molecule has 3 aromatic rings. The van der Waals surface area contributed by atoms with Crippen LogP contribution in [0.2, 0.25) is 0 Å². The Kier molecular flexibility index (Phi) is 8.45. The van der Waals surface area contributed by atoms with Gasteiger partial charge < -0.3 is 9.47 Å². The van der Waals surface area contributed by atoms with Gasteiger partial charge in [0.1, 0.15) is 18.1 Å². The largest absolute Gasteiger partial charge is 0.490 e. The number of nitrogens with zero attached hydrogens (tertiary/aromatic N) is 1. The van der Waals surface area contributed by atoms with Crippen LogP contribution in [-0.2, 0) is 31.8 Å². The minimum Gasteiger partial charge on any atom is -0.490 e. The van der Waals surface area contributed by atoms with Gasteiger partial charge in [0.2, 0.25) is 0 Å². The van der Waals surface area contributed by atoms with E-state index in [0.717, 1.165) is 29.5 Å². The zero-order valence-electron chi connectivity index (χ0n) is 21.3. The van der Waals surface area contributed by atoms with E-state index in [1.165, 1.54) is 0 Å². The van der Waals surface area contributed by atoms with Crippen LogP contribution in [-0.4, -0.2) is 11.1 Å². The number of hydrogen-bond donors (Lipinski definition) is 0. The molecule has 0 fully saturated rings. The van der Waals surface area contributed by atoms with Crippen molar-refractivity contribution in [1.82, 2.24) is 4.98 Å². The third-order valence-electron chi connectivity index (χ3n) is 5.85. The molecule has 0 spiro atoms. The monoisotopic (exact) mass is 525 g/mol. The number of rotatable bonds is 8. The second kappa shape index (κ2) is 11.0. The van der Waals surface area contributed by atoms with E-state index in [4.69, 9.17) is 14.5 Å². The second-order valence-electron chi connectivity index (χ2n) is 8.92. The van der Waals surface area contributed by atoms with Crippen LogP contribution in [0.3, 0.4) is 0 Å². The van der Waals surface area contributed by atoms with E-state index < -0.39 is 29.2 Å². The minimum absolute atomic E-state index is 0.0677. The van der Waals surface area contributed by atoms with Crippen LogP contribution in [0.1, 0.15) is 61.2 Å². The van der Waals surface area contributed by atoms with Gasteiger partial charge in [-0.2, -0.15) is 26.3 Å². The summed E-state index contributed by atoms with van der Waals surface area (Å²) < 4.78 is 91.0. The summed E-state index contributed by atoms with van der Waals surface area (Å²) in [4.78, 5) is 4.73. The summed E-state index contributed by atoms with van der Waals surface area (Å²) in [6, 6.07) is 8.98. The number of halogens is 6. The van der Waals surface area contributed by atoms with Crippen LogP contribution in [0.4, 0.5) is 26.3 Å². The number of pyridine rings is 1. The smallest absolute Gasteiger partial charge is 0.416 e. The van der Waals surface area contributed by atoms with Crippen molar-refractivity contribution >= 4 is 0 Å². The Morgan fingerprint density at radius 2 is 1.38 bits per heavy atom.